The second-order valence-corrected chi connectivity index (χ2v) is 5.83. The molecule has 3 aromatic rings. The molecule has 0 aliphatic heterocycles. The molecule has 0 spiro atoms. The van der Waals surface area contributed by atoms with Crippen molar-refractivity contribution in [2.45, 2.75) is 20.0 Å². The molecule has 0 saturated heterocycles. The number of hydrogen-bond donors (Lipinski definition) is 0. The van der Waals surface area contributed by atoms with E-state index in [2.05, 4.69) is 18.0 Å². The number of nitrogens with zero attached hydrogens (tertiary/aromatic N) is 1. The van der Waals surface area contributed by atoms with Gasteiger partial charge in [0, 0.05) is 29.6 Å². The molecule has 0 radical (unpaired) electrons. The van der Waals surface area contributed by atoms with Crippen molar-refractivity contribution in [1.29, 1.82) is 0 Å². The zero-order valence-electron chi connectivity index (χ0n) is 14.6. The molecule has 0 saturated carbocycles. The van der Waals surface area contributed by atoms with Crippen molar-refractivity contribution in [2.24, 2.45) is 0 Å². The molecule has 0 aliphatic rings. The van der Waals surface area contributed by atoms with Crippen LogP contribution in [0.5, 0.6) is 11.5 Å². The smallest absolute Gasteiger partial charge is 0.162 e. The van der Waals surface area contributed by atoms with Crippen LogP contribution in [0.25, 0.3) is 11.1 Å². The van der Waals surface area contributed by atoms with Crippen molar-refractivity contribution >= 4 is 0 Å². The summed E-state index contributed by atoms with van der Waals surface area (Å²) in [5, 5.41) is 0. The van der Waals surface area contributed by atoms with Crippen LogP contribution in [0, 0.1) is 11.6 Å². The molecule has 0 N–H and O–H groups in total. The maximum atomic E-state index is 13.6. The fourth-order valence-electron chi connectivity index (χ4n) is 2.63. The molecule has 0 unspecified atom stereocenters. The van der Waals surface area contributed by atoms with Crippen molar-refractivity contribution in [3.8, 4) is 22.6 Å². The maximum absolute atomic E-state index is 13.6. The highest BCUT2D eigenvalue weighted by atomic mass is 19.2. The van der Waals surface area contributed by atoms with Crippen LogP contribution in [0.15, 0.2) is 54.9 Å². The molecule has 0 amide bonds. The number of aromatic nitrogens is 1. The highest BCUT2D eigenvalue weighted by Gasteiger charge is 2.12. The molecule has 1 aromatic heterocycles. The Morgan fingerprint density at radius 3 is 2.31 bits per heavy atom. The summed E-state index contributed by atoms with van der Waals surface area (Å²) in [6.45, 7) is 2.49. The third-order valence-electron chi connectivity index (χ3n) is 4.07. The Balaban J connectivity index is 1.75. The summed E-state index contributed by atoms with van der Waals surface area (Å²) < 4.78 is 37.9. The molecule has 3 rings (SSSR count). The number of pyridine rings is 1. The minimum Gasteiger partial charge on any atom is -0.496 e. The Morgan fingerprint density at radius 1 is 0.923 bits per heavy atom. The zero-order chi connectivity index (χ0) is 18.5. The summed E-state index contributed by atoms with van der Waals surface area (Å²) in [4.78, 5) is 4.20. The van der Waals surface area contributed by atoms with Crippen molar-refractivity contribution < 1.29 is 18.3 Å². The highest BCUT2D eigenvalue weighted by molar-refractivity contribution is 5.71. The molecule has 0 fully saturated rings. The summed E-state index contributed by atoms with van der Waals surface area (Å²) in [7, 11) is 1.42. The van der Waals surface area contributed by atoms with Crippen molar-refractivity contribution in [3.05, 3.63) is 77.6 Å². The summed E-state index contributed by atoms with van der Waals surface area (Å²) in [5.74, 6) is -0.893. The monoisotopic (exact) mass is 355 g/mol. The van der Waals surface area contributed by atoms with E-state index in [4.69, 9.17) is 9.47 Å². The predicted molar refractivity (Wildman–Crippen MR) is 96.3 cm³/mol. The first-order chi connectivity index (χ1) is 12.6. The third kappa shape index (κ3) is 3.99. The quantitative estimate of drug-likeness (QED) is 0.611. The summed E-state index contributed by atoms with van der Waals surface area (Å²) >= 11 is 0. The van der Waals surface area contributed by atoms with Crippen LogP contribution in [0.1, 0.15) is 18.1 Å². The van der Waals surface area contributed by atoms with Gasteiger partial charge in [-0.2, -0.15) is 0 Å². The highest BCUT2D eigenvalue weighted by Crippen LogP contribution is 2.33. The van der Waals surface area contributed by atoms with Gasteiger partial charge < -0.3 is 9.47 Å². The van der Waals surface area contributed by atoms with Gasteiger partial charge in [-0.1, -0.05) is 19.1 Å². The number of benzene rings is 2. The van der Waals surface area contributed by atoms with Crippen LogP contribution in [-0.2, 0) is 13.0 Å². The lowest BCUT2D eigenvalue weighted by molar-refractivity contribution is 0.305. The summed E-state index contributed by atoms with van der Waals surface area (Å²) in [6.07, 6.45) is 4.54. The predicted octanol–water partition coefficient (Wildman–Crippen LogP) is 5.18. The Morgan fingerprint density at radius 2 is 1.62 bits per heavy atom. The second-order valence-electron chi connectivity index (χ2n) is 5.83. The molecule has 2 aromatic carbocycles. The Hall–Kier alpha value is -2.95. The van der Waals surface area contributed by atoms with Crippen LogP contribution >= 0.6 is 0 Å². The first-order valence-electron chi connectivity index (χ1n) is 8.29. The van der Waals surface area contributed by atoms with Gasteiger partial charge in [0.15, 0.2) is 11.6 Å². The summed E-state index contributed by atoms with van der Waals surface area (Å²) in [5.41, 5.74) is 3.35. The number of aryl methyl sites for hydroxylation is 1. The number of methoxy groups -OCH3 is 1. The number of ether oxygens (including phenoxy) is 2. The first-order valence-corrected chi connectivity index (χ1v) is 8.29. The lowest BCUT2D eigenvalue weighted by Gasteiger charge is -2.11. The van der Waals surface area contributed by atoms with Gasteiger partial charge in [0.2, 0.25) is 0 Å². The Bertz CT molecular complexity index is 895. The lowest BCUT2D eigenvalue weighted by Crippen LogP contribution is -1.97. The lowest BCUT2D eigenvalue weighted by atomic mass is 10.0. The van der Waals surface area contributed by atoms with Gasteiger partial charge >= 0.3 is 0 Å². The molecule has 1 heterocycles. The van der Waals surface area contributed by atoms with Crippen LogP contribution in [-0.4, -0.2) is 12.1 Å². The molecule has 0 atom stereocenters. The van der Waals surface area contributed by atoms with E-state index >= 15 is 0 Å². The molecule has 5 heteroatoms. The molecular formula is C21H19F2NO2. The maximum Gasteiger partial charge on any atom is 0.162 e. The van der Waals surface area contributed by atoms with Crippen molar-refractivity contribution in [2.75, 3.05) is 7.11 Å². The van der Waals surface area contributed by atoms with E-state index in [0.29, 0.717) is 23.5 Å². The van der Waals surface area contributed by atoms with Gasteiger partial charge in [-0.05, 0) is 41.8 Å². The number of rotatable bonds is 6. The topological polar surface area (TPSA) is 31.4 Å². The Kier molecular flexibility index (Phi) is 5.46. The molecular weight excluding hydrogens is 336 g/mol. The molecule has 0 aliphatic carbocycles. The van der Waals surface area contributed by atoms with Crippen LogP contribution < -0.4 is 9.47 Å². The van der Waals surface area contributed by atoms with E-state index in [0.717, 1.165) is 29.7 Å². The van der Waals surface area contributed by atoms with E-state index in [9.17, 15) is 8.78 Å². The van der Waals surface area contributed by atoms with Crippen LogP contribution in [0.2, 0.25) is 0 Å². The molecule has 26 heavy (non-hydrogen) atoms. The minimum atomic E-state index is -0.937. The van der Waals surface area contributed by atoms with Gasteiger partial charge in [0.05, 0.1) is 7.11 Å². The number of hydrogen-bond acceptors (Lipinski definition) is 3. The van der Waals surface area contributed by atoms with Gasteiger partial charge in [-0.15, -0.1) is 0 Å². The summed E-state index contributed by atoms with van der Waals surface area (Å²) in [6, 6.07) is 11.4. The fourth-order valence-corrected chi connectivity index (χ4v) is 2.63. The van der Waals surface area contributed by atoms with Crippen LogP contribution in [0.3, 0.4) is 0 Å². The molecule has 0 bridgehead atoms. The zero-order valence-corrected chi connectivity index (χ0v) is 14.6. The minimum absolute atomic E-state index is 0.278. The fraction of sp³-hybridized carbons (Fsp3) is 0.190. The molecule has 3 nitrogen and oxygen atoms in total. The van der Waals surface area contributed by atoms with E-state index in [1.807, 2.05) is 6.20 Å². The standard InChI is InChI=1S/C21H19F2NO2/c1-3-14-8-15(12-24-11-14)13-26-17-6-4-16(5-7-17)18-9-19(22)20(23)10-21(18)25-2/h4-12H,3,13H2,1-2H3. The first kappa shape index (κ1) is 17.9. The van der Waals surface area contributed by atoms with Gasteiger partial charge in [-0.25, -0.2) is 8.78 Å². The second kappa shape index (κ2) is 7.95. The third-order valence-corrected chi connectivity index (χ3v) is 4.07. The van der Waals surface area contributed by atoms with E-state index in [-0.39, 0.29) is 5.75 Å². The van der Waals surface area contributed by atoms with Crippen molar-refractivity contribution in [3.63, 3.8) is 0 Å². The average molecular weight is 355 g/mol. The SMILES string of the molecule is CCc1cncc(COc2ccc(-c3cc(F)c(F)cc3OC)cc2)c1. The van der Waals surface area contributed by atoms with E-state index in [1.165, 1.54) is 7.11 Å². The van der Waals surface area contributed by atoms with Gasteiger partial charge in [0.1, 0.15) is 18.1 Å². The average Bonchev–Trinajstić information content (AvgIpc) is 2.68. The molecule has 134 valence electrons. The van der Waals surface area contributed by atoms with E-state index < -0.39 is 11.6 Å². The van der Waals surface area contributed by atoms with Gasteiger partial charge in [0.25, 0.3) is 0 Å². The van der Waals surface area contributed by atoms with Crippen LogP contribution in [0.4, 0.5) is 8.78 Å². The Labute approximate surface area is 151 Å². The normalized spacial score (nSPS) is 10.6. The van der Waals surface area contributed by atoms with E-state index in [1.54, 1.807) is 30.5 Å². The van der Waals surface area contributed by atoms with Crippen molar-refractivity contribution in [1.82, 2.24) is 4.98 Å². The van der Waals surface area contributed by atoms with Gasteiger partial charge in [-0.3, -0.25) is 4.98 Å². The number of halogens is 2. The largest absolute Gasteiger partial charge is 0.496 e.